The number of hydrogen-bond acceptors (Lipinski definition) is 5. The Morgan fingerprint density at radius 3 is 2.94 bits per heavy atom. The maximum absolute atomic E-state index is 5.40. The van der Waals surface area contributed by atoms with Gasteiger partial charge in [0.1, 0.15) is 11.5 Å². The fourth-order valence-electron chi connectivity index (χ4n) is 1.37. The summed E-state index contributed by atoms with van der Waals surface area (Å²) in [5.41, 5.74) is 6.85. The largest absolute Gasteiger partial charge is 0.361 e. The molecule has 92 valence electrons. The van der Waals surface area contributed by atoms with Crippen molar-refractivity contribution in [2.24, 2.45) is 5.73 Å². The first-order valence-electron chi connectivity index (χ1n) is 5.39. The van der Waals surface area contributed by atoms with Crippen LogP contribution in [0.5, 0.6) is 0 Å². The molecule has 18 heavy (non-hydrogen) atoms. The first-order chi connectivity index (χ1) is 8.61. The molecule has 0 radical (unpaired) electrons. The van der Waals surface area contributed by atoms with Crippen LogP contribution >= 0.6 is 12.2 Å². The standard InChI is InChI=1S/C12H13N5S/c1-16(2)12-6-5-11-14-8-9(17(11)15-12)3-4-10(18)7-13/h5-6,8H,7,13H2,1-2H3. The molecule has 0 saturated carbocycles. The highest BCUT2D eigenvalue weighted by Gasteiger charge is 2.04. The molecule has 0 aliphatic rings. The molecule has 0 amide bonds. The first-order valence-corrected chi connectivity index (χ1v) is 5.79. The van der Waals surface area contributed by atoms with Crippen LogP contribution in [0.25, 0.3) is 5.65 Å². The molecule has 0 atom stereocenters. The zero-order valence-electron chi connectivity index (χ0n) is 10.2. The summed E-state index contributed by atoms with van der Waals surface area (Å²) >= 11 is 4.96. The predicted octanol–water partition coefficient (Wildman–Crippen LogP) is 0.475. The Morgan fingerprint density at radius 1 is 1.50 bits per heavy atom. The summed E-state index contributed by atoms with van der Waals surface area (Å²) in [5.74, 6) is 6.59. The van der Waals surface area contributed by atoms with E-state index in [1.165, 1.54) is 0 Å². The number of hydrogen-bond donors (Lipinski definition) is 1. The number of anilines is 1. The van der Waals surface area contributed by atoms with Crippen LogP contribution in [-0.4, -0.2) is 40.1 Å². The van der Waals surface area contributed by atoms with Crippen LogP contribution in [-0.2, 0) is 0 Å². The highest BCUT2D eigenvalue weighted by molar-refractivity contribution is 7.81. The van der Waals surface area contributed by atoms with E-state index in [4.69, 9.17) is 18.0 Å². The summed E-state index contributed by atoms with van der Waals surface area (Å²) < 4.78 is 1.70. The van der Waals surface area contributed by atoms with Crippen molar-refractivity contribution >= 4 is 28.5 Å². The second kappa shape index (κ2) is 5.12. The van der Waals surface area contributed by atoms with Crippen molar-refractivity contribution in [2.45, 2.75) is 0 Å². The van der Waals surface area contributed by atoms with Gasteiger partial charge in [0.2, 0.25) is 0 Å². The summed E-state index contributed by atoms with van der Waals surface area (Å²) in [6, 6.07) is 3.80. The van der Waals surface area contributed by atoms with Gasteiger partial charge in [0.15, 0.2) is 5.65 Å². The summed E-state index contributed by atoms with van der Waals surface area (Å²) in [5, 5.41) is 4.44. The van der Waals surface area contributed by atoms with Gasteiger partial charge >= 0.3 is 0 Å². The van der Waals surface area contributed by atoms with Crippen molar-refractivity contribution in [1.82, 2.24) is 14.6 Å². The molecule has 0 bridgehead atoms. The molecular formula is C12H13N5S. The normalized spacial score (nSPS) is 9.94. The van der Waals surface area contributed by atoms with Gasteiger partial charge in [-0.05, 0) is 18.1 Å². The van der Waals surface area contributed by atoms with Crippen molar-refractivity contribution in [3.8, 4) is 11.8 Å². The Balaban J connectivity index is 2.47. The van der Waals surface area contributed by atoms with Crippen molar-refractivity contribution < 1.29 is 0 Å². The molecular weight excluding hydrogens is 246 g/mol. The fraction of sp³-hybridized carbons (Fsp3) is 0.250. The van der Waals surface area contributed by atoms with Crippen molar-refractivity contribution in [3.63, 3.8) is 0 Å². The molecule has 0 aliphatic carbocycles. The number of imidazole rings is 1. The van der Waals surface area contributed by atoms with Gasteiger partial charge in [-0.25, -0.2) is 9.50 Å². The molecule has 2 rings (SSSR count). The smallest absolute Gasteiger partial charge is 0.155 e. The van der Waals surface area contributed by atoms with Crippen molar-refractivity contribution in [3.05, 3.63) is 24.0 Å². The molecule has 0 saturated heterocycles. The molecule has 0 aromatic carbocycles. The quantitative estimate of drug-likeness (QED) is 0.628. The van der Waals surface area contributed by atoms with E-state index >= 15 is 0 Å². The maximum Gasteiger partial charge on any atom is 0.155 e. The third-order valence-electron chi connectivity index (χ3n) is 2.32. The summed E-state index contributed by atoms with van der Waals surface area (Å²) in [7, 11) is 3.86. The molecule has 2 N–H and O–H groups in total. The second-order valence-electron chi connectivity index (χ2n) is 3.88. The van der Waals surface area contributed by atoms with Gasteiger partial charge in [0.25, 0.3) is 0 Å². The molecule has 0 aliphatic heterocycles. The number of rotatable bonds is 2. The second-order valence-corrected chi connectivity index (χ2v) is 4.37. The average molecular weight is 259 g/mol. The van der Waals surface area contributed by atoms with Crippen LogP contribution < -0.4 is 10.6 Å². The van der Waals surface area contributed by atoms with Crippen LogP contribution in [0.2, 0.25) is 0 Å². The third-order valence-corrected chi connectivity index (χ3v) is 2.59. The third kappa shape index (κ3) is 2.47. The number of aromatic nitrogens is 3. The van der Waals surface area contributed by atoms with E-state index in [1.54, 1.807) is 10.7 Å². The predicted molar refractivity (Wildman–Crippen MR) is 75.8 cm³/mol. The molecule has 0 spiro atoms. The highest BCUT2D eigenvalue weighted by Crippen LogP contribution is 2.10. The average Bonchev–Trinajstić information content (AvgIpc) is 2.78. The lowest BCUT2D eigenvalue weighted by molar-refractivity contribution is 0.892. The lowest BCUT2D eigenvalue weighted by atomic mass is 10.4. The zero-order valence-corrected chi connectivity index (χ0v) is 11.0. The van der Waals surface area contributed by atoms with Gasteiger partial charge < -0.3 is 10.6 Å². The molecule has 2 aromatic rings. The number of nitrogens with two attached hydrogens (primary N) is 1. The van der Waals surface area contributed by atoms with E-state index in [2.05, 4.69) is 21.9 Å². The first kappa shape index (κ1) is 12.5. The molecule has 0 fully saturated rings. The van der Waals surface area contributed by atoms with Crippen LogP contribution in [0.15, 0.2) is 18.3 Å². The molecule has 6 heteroatoms. The van der Waals surface area contributed by atoms with Gasteiger partial charge in [0, 0.05) is 20.6 Å². The van der Waals surface area contributed by atoms with Crippen LogP contribution in [0.3, 0.4) is 0 Å². The SMILES string of the molecule is CN(C)c1ccc2ncc(C#CC(=S)CN)n2n1. The number of fused-ring (bicyclic) bond motifs is 1. The van der Waals surface area contributed by atoms with Gasteiger partial charge in [-0.15, -0.1) is 5.10 Å². The zero-order chi connectivity index (χ0) is 13.1. The minimum atomic E-state index is 0.287. The summed E-state index contributed by atoms with van der Waals surface area (Å²) in [4.78, 5) is 6.67. The van der Waals surface area contributed by atoms with E-state index in [9.17, 15) is 0 Å². The van der Waals surface area contributed by atoms with Gasteiger partial charge in [0.05, 0.1) is 11.1 Å². The van der Waals surface area contributed by atoms with Gasteiger partial charge in [-0.1, -0.05) is 18.1 Å². The Kier molecular flexibility index (Phi) is 3.55. The number of thiocarbonyl (C=S) groups is 1. The van der Waals surface area contributed by atoms with Crippen LogP contribution in [0, 0.1) is 11.8 Å². The Labute approximate surface area is 111 Å². The van der Waals surface area contributed by atoms with Crippen LogP contribution in [0.1, 0.15) is 5.69 Å². The lowest BCUT2D eigenvalue weighted by Crippen LogP contribution is -2.12. The van der Waals surface area contributed by atoms with Gasteiger partial charge in [-0.2, -0.15) is 0 Å². The van der Waals surface area contributed by atoms with Crippen LogP contribution in [0.4, 0.5) is 5.82 Å². The summed E-state index contributed by atoms with van der Waals surface area (Å²) in [6.07, 6.45) is 1.67. The molecule has 2 aromatic heterocycles. The van der Waals surface area contributed by atoms with E-state index in [0.717, 1.165) is 11.5 Å². The maximum atomic E-state index is 5.40. The highest BCUT2D eigenvalue weighted by atomic mass is 32.1. The molecule has 5 nitrogen and oxygen atoms in total. The lowest BCUT2D eigenvalue weighted by Gasteiger charge is -2.10. The summed E-state index contributed by atoms with van der Waals surface area (Å²) in [6.45, 7) is 0.287. The topological polar surface area (TPSA) is 59.5 Å². The monoisotopic (exact) mass is 259 g/mol. The minimum absolute atomic E-state index is 0.287. The minimum Gasteiger partial charge on any atom is -0.361 e. The van der Waals surface area contributed by atoms with E-state index < -0.39 is 0 Å². The van der Waals surface area contributed by atoms with E-state index in [0.29, 0.717) is 10.6 Å². The van der Waals surface area contributed by atoms with E-state index in [1.807, 2.05) is 31.1 Å². The number of nitrogens with zero attached hydrogens (tertiary/aromatic N) is 4. The Bertz CT molecular complexity index is 647. The Morgan fingerprint density at radius 2 is 2.28 bits per heavy atom. The van der Waals surface area contributed by atoms with Gasteiger partial charge in [-0.3, -0.25) is 0 Å². The van der Waals surface area contributed by atoms with E-state index in [-0.39, 0.29) is 6.54 Å². The molecule has 0 unspecified atom stereocenters. The van der Waals surface area contributed by atoms with Crippen molar-refractivity contribution in [1.29, 1.82) is 0 Å². The Hall–Kier alpha value is -1.97. The fourth-order valence-corrected chi connectivity index (χ4v) is 1.42. The van der Waals surface area contributed by atoms with Crippen molar-refractivity contribution in [2.75, 3.05) is 25.5 Å². The molecule has 2 heterocycles.